The zero-order valence-electron chi connectivity index (χ0n) is 8.20. The molecular weight excluding hydrogens is 197 g/mol. The zero-order chi connectivity index (χ0) is 10.8. The Bertz CT molecular complexity index is 481. The maximum atomic E-state index is 13.6. The topological polar surface area (TPSA) is 64.9 Å². The quantitative estimate of drug-likeness (QED) is 0.813. The molecule has 2 N–H and O–H groups in total. The van der Waals surface area contributed by atoms with Crippen LogP contribution in [-0.2, 0) is 6.54 Å². The fourth-order valence-corrected chi connectivity index (χ4v) is 1.26. The highest BCUT2D eigenvalue weighted by atomic mass is 19.1. The van der Waals surface area contributed by atoms with E-state index < -0.39 is 0 Å². The third-order valence-corrected chi connectivity index (χ3v) is 2.06. The van der Waals surface area contributed by atoms with E-state index >= 15 is 0 Å². The third kappa shape index (κ3) is 1.73. The smallest absolute Gasteiger partial charge is 0.250 e. The second kappa shape index (κ2) is 3.78. The number of hydrogen-bond donors (Lipinski definition) is 1. The third-order valence-electron chi connectivity index (χ3n) is 2.06. The lowest BCUT2D eigenvalue weighted by Gasteiger charge is -1.99. The summed E-state index contributed by atoms with van der Waals surface area (Å²) in [7, 11) is 0. The van der Waals surface area contributed by atoms with Crippen molar-refractivity contribution in [3.8, 4) is 11.5 Å². The van der Waals surface area contributed by atoms with E-state index in [1.54, 1.807) is 25.1 Å². The van der Waals surface area contributed by atoms with Crippen molar-refractivity contribution in [1.82, 2.24) is 10.2 Å². The van der Waals surface area contributed by atoms with Crippen molar-refractivity contribution in [3.05, 3.63) is 35.5 Å². The molecule has 1 aromatic heterocycles. The first-order valence-electron chi connectivity index (χ1n) is 4.50. The molecule has 4 nitrogen and oxygen atoms in total. The second-order valence-corrected chi connectivity index (χ2v) is 3.14. The van der Waals surface area contributed by atoms with Crippen LogP contribution in [0.25, 0.3) is 11.5 Å². The van der Waals surface area contributed by atoms with Gasteiger partial charge in [0.1, 0.15) is 5.82 Å². The lowest BCUT2D eigenvalue weighted by molar-refractivity contribution is 0.504. The summed E-state index contributed by atoms with van der Waals surface area (Å²) in [4.78, 5) is 0. The highest BCUT2D eigenvalue weighted by Gasteiger charge is 2.13. The summed E-state index contributed by atoms with van der Waals surface area (Å²) < 4.78 is 18.8. The molecule has 15 heavy (non-hydrogen) atoms. The Morgan fingerprint density at radius 1 is 1.40 bits per heavy atom. The monoisotopic (exact) mass is 207 g/mol. The van der Waals surface area contributed by atoms with Crippen LogP contribution < -0.4 is 5.73 Å². The number of nitrogens with two attached hydrogens (primary N) is 1. The van der Waals surface area contributed by atoms with E-state index in [4.69, 9.17) is 10.2 Å². The zero-order valence-corrected chi connectivity index (χ0v) is 8.20. The Morgan fingerprint density at radius 2 is 2.20 bits per heavy atom. The van der Waals surface area contributed by atoms with Crippen molar-refractivity contribution < 1.29 is 8.81 Å². The van der Waals surface area contributed by atoms with Crippen LogP contribution in [0.3, 0.4) is 0 Å². The number of halogens is 1. The molecule has 2 aromatic rings. The van der Waals surface area contributed by atoms with Gasteiger partial charge in [-0.05, 0) is 18.6 Å². The Hall–Kier alpha value is -1.75. The van der Waals surface area contributed by atoms with Crippen LogP contribution in [0.5, 0.6) is 0 Å². The molecule has 78 valence electrons. The van der Waals surface area contributed by atoms with Crippen LogP contribution in [0.1, 0.15) is 11.5 Å². The summed E-state index contributed by atoms with van der Waals surface area (Å²) in [6.45, 7) is 1.83. The minimum absolute atomic E-state index is 0.153. The van der Waals surface area contributed by atoms with Crippen molar-refractivity contribution in [2.45, 2.75) is 13.5 Å². The number of aryl methyl sites for hydroxylation is 1. The predicted octanol–water partition coefficient (Wildman–Crippen LogP) is 1.64. The van der Waals surface area contributed by atoms with Gasteiger partial charge in [-0.2, -0.15) is 0 Å². The van der Waals surface area contributed by atoms with E-state index in [2.05, 4.69) is 10.2 Å². The molecule has 2 rings (SSSR count). The van der Waals surface area contributed by atoms with Gasteiger partial charge in [-0.3, -0.25) is 0 Å². The molecule has 0 saturated heterocycles. The van der Waals surface area contributed by atoms with Gasteiger partial charge in [0.25, 0.3) is 5.89 Å². The van der Waals surface area contributed by atoms with Gasteiger partial charge in [-0.25, -0.2) is 4.39 Å². The van der Waals surface area contributed by atoms with E-state index in [0.717, 1.165) is 0 Å². The normalized spacial score (nSPS) is 10.6. The standard InChI is InChI=1S/C10H10FN3O/c1-6-3-2-4-7(9(6)11)10-14-13-8(5-12)15-10/h2-4H,5,12H2,1H3. The summed E-state index contributed by atoms with van der Waals surface area (Å²) >= 11 is 0. The average Bonchev–Trinajstić information content (AvgIpc) is 2.70. The molecule has 0 spiro atoms. The maximum Gasteiger partial charge on any atom is 0.250 e. The van der Waals surface area contributed by atoms with Gasteiger partial charge in [-0.15, -0.1) is 10.2 Å². The molecule has 0 aliphatic heterocycles. The molecule has 5 heteroatoms. The van der Waals surface area contributed by atoms with Crippen molar-refractivity contribution in [1.29, 1.82) is 0 Å². The van der Waals surface area contributed by atoms with Crippen LogP contribution in [0.4, 0.5) is 4.39 Å². The Balaban J connectivity index is 2.49. The van der Waals surface area contributed by atoms with Crippen LogP contribution in [0.2, 0.25) is 0 Å². The minimum Gasteiger partial charge on any atom is -0.419 e. The molecule has 1 aromatic carbocycles. The molecule has 1 heterocycles. The lowest BCUT2D eigenvalue weighted by Crippen LogP contribution is -1.95. The van der Waals surface area contributed by atoms with Gasteiger partial charge in [-0.1, -0.05) is 12.1 Å². The van der Waals surface area contributed by atoms with Gasteiger partial charge in [0.05, 0.1) is 12.1 Å². The number of hydrogen-bond acceptors (Lipinski definition) is 4. The summed E-state index contributed by atoms with van der Waals surface area (Å²) in [5.74, 6) is 0.118. The fraction of sp³-hybridized carbons (Fsp3) is 0.200. The minimum atomic E-state index is -0.343. The molecule has 0 unspecified atom stereocenters. The van der Waals surface area contributed by atoms with Gasteiger partial charge in [0.15, 0.2) is 0 Å². The summed E-state index contributed by atoms with van der Waals surface area (Å²) in [6.07, 6.45) is 0. The van der Waals surface area contributed by atoms with E-state index in [-0.39, 0.29) is 18.3 Å². The SMILES string of the molecule is Cc1cccc(-c2nnc(CN)o2)c1F. The van der Waals surface area contributed by atoms with Crippen LogP contribution in [0.15, 0.2) is 22.6 Å². The molecule has 0 bridgehead atoms. The van der Waals surface area contributed by atoms with Gasteiger partial charge < -0.3 is 10.2 Å². The molecular formula is C10H10FN3O. The average molecular weight is 207 g/mol. The van der Waals surface area contributed by atoms with E-state index in [9.17, 15) is 4.39 Å². The first kappa shape index (κ1) is 9.79. The number of rotatable bonds is 2. The first-order chi connectivity index (χ1) is 7.22. The molecule has 0 aliphatic rings. The summed E-state index contributed by atoms with van der Waals surface area (Å²) in [5.41, 5.74) is 6.17. The van der Waals surface area contributed by atoms with E-state index in [1.165, 1.54) is 0 Å². The molecule has 0 fully saturated rings. The van der Waals surface area contributed by atoms with Gasteiger partial charge in [0.2, 0.25) is 5.89 Å². The van der Waals surface area contributed by atoms with E-state index in [1.807, 2.05) is 0 Å². The molecule has 0 atom stereocenters. The highest BCUT2D eigenvalue weighted by Crippen LogP contribution is 2.23. The largest absolute Gasteiger partial charge is 0.419 e. The number of benzene rings is 1. The van der Waals surface area contributed by atoms with Gasteiger partial charge >= 0.3 is 0 Å². The fourth-order valence-electron chi connectivity index (χ4n) is 1.26. The Labute approximate surface area is 85.9 Å². The Morgan fingerprint density at radius 3 is 2.87 bits per heavy atom. The van der Waals surface area contributed by atoms with E-state index in [0.29, 0.717) is 17.0 Å². The first-order valence-corrected chi connectivity index (χ1v) is 4.50. The van der Waals surface area contributed by atoms with Crippen LogP contribution in [-0.4, -0.2) is 10.2 Å². The van der Waals surface area contributed by atoms with Crippen molar-refractivity contribution in [2.24, 2.45) is 5.73 Å². The van der Waals surface area contributed by atoms with Crippen LogP contribution >= 0.6 is 0 Å². The molecule has 0 amide bonds. The highest BCUT2D eigenvalue weighted by molar-refractivity contribution is 5.54. The Kier molecular flexibility index (Phi) is 2.47. The lowest BCUT2D eigenvalue weighted by atomic mass is 10.1. The molecule has 0 saturated carbocycles. The van der Waals surface area contributed by atoms with Crippen molar-refractivity contribution in [2.75, 3.05) is 0 Å². The predicted molar refractivity (Wildman–Crippen MR) is 52.3 cm³/mol. The maximum absolute atomic E-state index is 13.6. The summed E-state index contributed by atoms with van der Waals surface area (Å²) in [5, 5.41) is 7.40. The number of aromatic nitrogens is 2. The molecule has 0 radical (unpaired) electrons. The van der Waals surface area contributed by atoms with Crippen molar-refractivity contribution >= 4 is 0 Å². The second-order valence-electron chi connectivity index (χ2n) is 3.14. The molecule has 0 aliphatic carbocycles. The number of nitrogens with zero attached hydrogens (tertiary/aromatic N) is 2. The van der Waals surface area contributed by atoms with Gasteiger partial charge in [0, 0.05) is 0 Å². The van der Waals surface area contributed by atoms with Crippen LogP contribution in [0, 0.1) is 12.7 Å². The van der Waals surface area contributed by atoms with Crippen molar-refractivity contribution in [3.63, 3.8) is 0 Å². The summed E-state index contributed by atoms with van der Waals surface area (Å²) in [6, 6.07) is 5.01.